The summed E-state index contributed by atoms with van der Waals surface area (Å²) in [7, 11) is 0.104. The van der Waals surface area contributed by atoms with Crippen molar-refractivity contribution in [2.75, 3.05) is 13.3 Å². The van der Waals surface area contributed by atoms with Gasteiger partial charge < -0.3 is 0 Å². The maximum absolute atomic E-state index is 9.51. The minimum absolute atomic E-state index is 0.104. The first-order valence-corrected chi connectivity index (χ1v) is 11.4. The second-order valence-electron chi connectivity index (χ2n) is 2.63. The van der Waals surface area contributed by atoms with Gasteiger partial charge in [-0.15, -0.1) is 0 Å². The fourth-order valence-electron chi connectivity index (χ4n) is 0.726. The fraction of sp³-hybridized carbons (Fsp3) is 0.400. The zero-order valence-corrected chi connectivity index (χ0v) is 13.9. The first kappa shape index (κ1) is 19.1. The van der Waals surface area contributed by atoms with Gasteiger partial charge in [0, 0.05) is 0 Å². The number of rotatable bonds is 1. The van der Waals surface area contributed by atoms with Crippen LogP contribution in [0.1, 0.15) is 13.8 Å². The third-order valence-corrected chi connectivity index (χ3v) is 2.60. The van der Waals surface area contributed by atoms with Crippen LogP contribution in [0.15, 0.2) is 30.3 Å². The highest BCUT2D eigenvalue weighted by Crippen LogP contribution is 2.61. The molecule has 1 aromatic carbocycles. The molecule has 0 heterocycles. The Bertz CT molecular complexity index is 290. The van der Waals surface area contributed by atoms with Crippen LogP contribution < -0.4 is 5.30 Å². The molecule has 0 aromatic heterocycles. The fourth-order valence-corrected chi connectivity index (χ4v) is 1.49. The van der Waals surface area contributed by atoms with E-state index in [4.69, 9.17) is 0 Å². The summed E-state index contributed by atoms with van der Waals surface area (Å²) in [5.74, 6) is 0. The van der Waals surface area contributed by atoms with Gasteiger partial charge in [-0.05, 0) is 52.4 Å². The molecule has 0 spiro atoms. The third kappa shape index (κ3) is 17.2. The molecule has 0 aliphatic heterocycles. The Hall–Kier alpha value is 0.750. The quantitative estimate of drug-likeness (QED) is 0.589. The second kappa shape index (κ2) is 10.9. The Balaban J connectivity index is 0. The summed E-state index contributed by atoms with van der Waals surface area (Å²) in [5, 5.41) is -1.74. The van der Waals surface area contributed by atoms with Gasteiger partial charge in [0.15, 0.2) is 0 Å². The monoisotopic (exact) mass is 320 g/mol. The number of benzene rings is 1. The van der Waals surface area contributed by atoms with Crippen LogP contribution >= 0.6 is 46.8 Å². The SMILES string of the molecule is CC.CP(C)c1ccccc1.O=P(Cl)(Cl)Cl. The predicted molar refractivity (Wildman–Crippen MR) is 81.4 cm³/mol. The van der Waals surface area contributed by atoms with Crippen LogP contribution in [0.5, 0.6) is 0 Å². The molecule has 6 heteroatoms. The summed E-state index contributed by atoms with van der Waals surface area (Å²) < 4.78 is 9.51. The Labute approximate surface area is 114 Å². The molecule has 0 saturated heterocycles. The van der Waals surface area contributed by atoms with Gasteiger partial charge >= 0.3 is 5.20 Å². The van der Waals surface area contributed by atoms with Crippen molar-refractivity contribution in [3.8, 4) is 0 Å². The average molecular weight is 322 g/mol. The molecule has 0 fully saturated rings. The van der Waals surface area contributed by atoms with E-state index < -0.39 is 5.20 Å². The molecule has 0 atom stereocenters. The smallest absolute Gasteiger partial charge is 0.271 e. The second-order valence-corrected chi connectivity index (χ2v) is 11.6. The standard InChI is InChI=1S/C8H11P.C2H6.Cl3OP/c1-9(2)8-6-4-3-5-7-8;1-2;1-5(2,3)4/h3-7H,1-2H3;1-2H3;. The van der Waals surface area contributed by atoms with Gasteiger partial charge in [0.2, 0.25) is 0 Å². The van der Waals surface area contributed by atoms with Gasteiger partial charge in [-0.25, -0.2) is 0 Å². The molecule has 0 bridgehead atoms. The van der Waals surface area contributed by atoms with E-state index in [1.54, 1.807) is 0 Å². The summed E-state index contributed by atoms with van der Waals surface area (Å²) in [6.45, 7) is 8.54. The molecule has 1 rings (SSSR count). The lowest BCUT2D eigenvalue weighted by atomic mass is 10.4. The van der Waals surface area contributed by atoms with Crippen LogP contribution in [0.25, 0.3) is 0 Å². The van der Waals surface area contributed by atoms with Crippen molar-refractivity contribution in [1.82, 2.24) is 0 Å². The normalized spacial score (nSPS) is 9.75. The van der Waals surface area contributed by atoms with Gasteiger partial charge in [0.1, 0.15) is 0 Å². The van der Waals surface area contributed by atoms with Crippen LogP contribution in [0, 0.1) is 0 Å². The molecule has 1 nitrogen and oxygen atoms in total. The maximum atomic E-state index is 9.51. The topological polar surface area (TPSA) is 17.1 Å². The molecule has 0 N–H and O–H groups in total. The van der Waals surface area contributed by atoms with Crippen LogP contribution in [-0.2, 0) is 4.57 Å². The van der Waals surface area contributed by atoms with Gasteiger partial charge in [-0.3, -0.25) is 4.57 Å². The number of halogens is 3. The van der Waals surface area contributed by atoms with Gasteiger partial charge in [-0.2, -0.15) is 0 Å². The number of hydrogen-bond acceptors (Lipinski definition) is 1. The summed E-state index contributed by atoms with van der Waals surface area (Å²) in [5.41, 5.74) is 0. The van der Waals surface area contributed by atoms with Crippen LogP contribution in [0.4, 0.5) is 0 Å². The Morgan fingerprint density at radius 2 is 1.31 bits per heavy atom. The minimum Gasteiger partial charge on any atom is -0.271 e. The van der Waals surface area contributed by atoms with E-state index in [-0.39, 0.29) is 7.92 Å². The lowest BCUT2D eigenvalue weighted by Crippen LogP contribution is -1.95. The van der Waals surface area contributed by atoms with E-state index in [0.717, 1.165) is 0 Å². The van der Waals surface area contributed by atoms with Crippen molar-refractivity contribution in [3.05, 3.63) is 30.3 Å². The van der Waals surface area contributed by atoms with Crippen molar-refractivity contribution in [1.29, 1.82) is 0 Å². The lowest BCUT2D eigenvalue weighted by molar-refractivity contribution is 0.600. The summed E-state index contributed by atoms with van der Waals surface area (Å²) in [6, 6.07) is 10.6. The van der Waals surface area contributed by atoms with E-state index in [1.807, 2.05) is 13.8 Å². The molecule has 0 aliphatic rings. The van der Waals surface area contributed by atoms with Crippen molar-refractivity contribution in [3.63, 3.8) is 0 Å². The first-order chi connectivity index (χ1) is 7.30. The van der Waals surface area contributed by atoms with E-state index in [2.05, 4.69) is 77.4 Å². The van der Waals surface area contributed by atoms with E-state index in [9.17, 15) is 4.57 Å². The van der Waals surface area contributed by atoms with Crippen molar-refractivity contribution in [2.24, 2.45) is 0 Å². The maximum Gasteiger partial charge on any atom is 0.339 e. The van der Waals surface area contributed by atoms with Crippen molar-refractivity contribution >= 4 is 52.1 Å². The number of hydrogen-bond donors (Lipinski definition) is 0. The molecule has 94 valence electrons. The highest BCUT2D eigenvalue weighted by atomic mass is 36.0. The van der Waals surface area contributed by atoms with Gasteiger partial charge in [0.25, 0.3) is 0 Å². The molecule has 16 heavy (non-hydrogen) atoms. The van der Waals surface area contributed by atoms with E-state index >= 15 is 0 Å². The highest BCUT2D eigenvalue weighted by Gasteiger charge is 2.02. The zero-order valence-electron chi connectivity index (χ0n) is 9.82. The Morgan fingerprint density at radius 3 is 1.50 bits per heavy atom. The third-order valence-electron chi connectivity index (χ3n) is 1.27. The van der Waals surface area contributed by atoms with Crippen molar-refractivity contribution in [2.45, 2.75) is 13.8 Å². The molecule has 1 aromatic rings. The molecule has 0 aliphatic carbocycles. The molecular weight excluding hydrogens is 304 g/mol. The van der Waals surface area contributed by atoms with Crippen molar-refractivity contribution < 1.29 is 4.57 Å². The Morgan fingerprint density at radius 1 is 1.00 bits per heavy atom. The zero-order chi connectivity index (χ0) is 13.2. The van der Waals surface area contributed by atoms with Crippen LogP contribution in [0.3, 0.4) is 0 Å². The van der Waals surface area contributed by atoms with Gasteiger partial charge in [-0.1, -0.05) is 52.1 Å². The molecule has 0 amide bonds. The van der Waals surface area contributed by atoms with Gasteiger partial charge in [0.05, 0.1) is 0 Å². The highest BCUT2D eigenvalue weighted by molar-refractivity contribution is 8.24. The summed E-state index contributed by atoms with van der Waals surface area (Å²) >= 11 is 13.8. The molecular formula is C10H17Cl3OP2. The first-order valence-electron chi connectivity index (χ1n) is 4.72. The van der Waals surface area contributed by atoms with Crippen LogP contribution in [0.2, 0.25) is 0 Å². The van der Waals surface area contributed by atoms with Crippen LogP contribution in [-0.4, -0.2) is 13.3 Å². The summed E-state index contributed by atoms with van der Waals surface area (Å²) in [6.07, 6.45) is 0. The largest absolute Gasteiger partial charge is 0.339 e. The molecule has 0 unspecified atom stereocenters. The average Bonchev–Trinajstić information content (AvgIpc) is 2.20. The lowest BCUT2D eigenvalue weighted by Gasteiger charge is -2.02. The predicted octanol–water partition coefficient (Wildman–Crippen LogP) is 5.89. The summed E-state index contributed by atoms with van der Waals surface area (Å²) in [4.78, 5) is 0. The van der Waals surface area contributed by atoms with E-state index in [0.29, 0.717) is 0 Å². The van der Waals surface area contributed by atoms with E-state index in [1.165, 1.54) is 5.30 Å². The molecule has 0 saturated carbocycles. The minimum atomic E-state index is -3.22. The molecule has 0 radical (unpaired) electrons. The Kier molecular flexibility index (Phi) is 13.0.